The molecule has 0 unspecified atom stereocenters. The molecule has 0 aromatic heterocycles. The minimum Gasteiger partial charge on any atom is -0.481 e. The van der Waals surface area contributed by atoms with Crippen molar-refractivity contribution in [3.8, 4) is 0 Å². The molecular weight excluding hydrogens is 287 g/mol. The number of benzene rings is 1. The Labute approximate surface area is 120 Å². The van der Waals surface area contributed by atoms with Crippen LogP contribution in [0.5, 0.6) is 0 Å². The number of carbonyl (C=O) groups is 2. The fourth-order valence-electron chi connectivity index (χ4n) is 1.84. The summed E-state index contributed by atoms with van der Waals surface area (Å²) in [6, 6.07) is 6.67. The van der Waals surface area contributed by atoms with Gasteiger partial charge in [-0.3, -0.25) is 9.59 Å². The van der Waals surface area contributed by atoms with Crippen molar-refractivity contribution in [2.75, 3.05) is 11.4 Å². The summed E-state index contributed by atoms with van der Waals surface area (Å²) in [6.07, 6.45) is -6.66. The number of carbonyl (C=O) groups excluding carboxylic acids is 1. The largest absolute Gasteiger partial charge is 0.481 e. The maximum Gasteiger partial charge on any atom is 0.389 e. The number of halogens is 3. The number of amides is 1. The van der Waals surface area contributed by atoms with Crippen LogP contribution in [0.3, 0.4) is 0 Å². The Balaban J connectivity index is 2.89. The van der Waals surface area contributed by atoms with E-state index in [-0.39, 0.29) is 13.0 Å². The van der Waals surface area contributed by atoms with Gasteiger partial charge in [0.25, 0.3) is 0 Å². The standard InChI is InChI=1S/C14H16F3NO3/c1-10-4-2-3-5-11(10)18(9-7-13(20)21)12(19)6-8-14(15,16)17/h2-5H,6-9H2,1H3,(H,20,21). The Bertz CT molecular complexity index is 514. The second-order valence-electron chi connectivity index (χ2n) is 4.59. The fraction of sp³-hybridized carbons (Fsp3) is 0.429. The first-order valence-corrected chi connectivity index (χ1v) is 6.35. The lowest BCUT2D eigenvalue weighted by Gasteiger charge is -2.24. The van der Waals surface area contributed by atoms with E-state index in [9.17, 15) is 22.8 Å². The molecule has 21 heavy (non-hydrogen) atoms. The molecule has 1 aromatic rings. The van der Waals surface area contributed by atoms with Gasteiger partial charge < -0.3 is 10.0 Å². The molecular formula is C14H16F3NO3. The van der Waals surface area contributed by atoms with Crippen LogP contribution < -0.4 is 4.90 Å². The maximum absolute atomic E-state index is 12.2. The van der Waals surface area contributed by atoms with Crippen LogP contribution in [0.1, 0.15) is 24.8 Å². The van der Waals surface area contributed by atoms with Crippen LogP contribution >= 0.6 is 0 Å². The topological polar surface area (TPSA) is 57.6 Å². The summed E-state index contributed by atoms with van der Waals surface area (Å²) in [6.45, 7) is 1.55. The smallest absolute Gasteiger partial charge is 0.389 e. The van der Waals surface area contributed by atoms with E-state index >= 15 is 0 Å². The maximum atomic E-state index is 12.2. The number of aryl methyl sites for hydroxylation is 1. The molecule has 7 heteroatoms. The molecule has 1 amide bonds. The van der Waals surface area contributed by atoms with Crippen molar-refractivity contribution in [2.45, 2.75) is 32.4 Å². The van der Waals surface area contributed by atoms with Crippen LogP contribution in [0.15, 0.2) is 24.3 Å². The number of aliphatic carboxylic acids is 1. The SMILES string of the molecule is Cc1ccccc1N(CCC(=O)O)C(=O)CCC(F)(F)F. The van der Waals surface area contributed by atoms with E-state index in [1.165, 1.54) is 0 Å². The zero-order valence-corrected chi connectivity index (χ0v) is 11.5. The van der Waals surface area contributed by atoms with Gasteiger partial charge in [0, 0.05) is 18.7 Å². The third kappa shape index (κ3) is 5.85. The van der Waals surface area contributed by atoms with Crippen molar-refractivity contribution in [1.82, 2.24) is 0 Å². The van der Waals surface area contributed by atoms with Gasteiger partial charge in [-0.05, 0) is 18.6 Å². The summed E-state index contributed by atoms with van der Waals surface area (Å²) in [5.74, 6) is -1.85. The number of hydrogen-bond donors (Lipinski definition) is 1. The minimum absolute atomic E-state index is 0.156. The quantitative estimate of drug-likeness (QED) is 0.878. The van der Waals surface area contributed by atoms with Crippen molar-refractivity contribution in [2.24, 2.45) is 0 Å². The van der Waals surface area contributed by atoms with Crippen molar-refractivity contribution in [3.63, 3.8) is 0 Å². The van der Waals surface area contributed by atoms with Gasteiger partial charge in [-0.15, -0.1) is 0 Å². The fourth-order valence-corrected chi connectivity index (χ4v) is 1.84. The molecule has 0 radical (unpaired) electrons. The molecule has 0 aliphatic heterocycles. The van der Waals surface area contributed by atoms with E-state index in [0.29, 0.717) is 11.3 Å². The van der Waals surface area contributed by atoms with Crippen LogP contribution in [0.2, 0.25) is 0 Å². The molecule has 1 aromatic carbocycles. The number of anilines is 1. The summed E-state index contributed by atoms with van der Waals surface area (Å²) in [5.41, 5.74) is 1.13. The molecule has 0 saturated heterocycles. The molecule has 0 heterocycles. The van der Waals surface area contributed by atoms with Gasteiger partial charge in [0.2, 0.25) is 5.91 Å². The Kier molecular flexibility index (Phi) is 5.75. The molecule has 0 aliphatic rings. The second-order valence-corrected chi connectivity index (χ2v) is 4.59. The molecule has 4 nitrogen and oxygen atoms in total. The lowest BCUT2D eigenvalue weighted by Crippen LogP contribution is -2.34. The highest BCUT2D eigenvalue weighted by atomic mass is 19.4. The van der Waals surface area contributed by atoms with E-state index in [4.69, 9.17) is 5.11 Å². The van der Waals surface area contributed by atoms with E-state index in [2.05, 4.69) is 0 Å². The van der Waals surface area contributed by atoms with Crippen molar-refractivity contribution in [1.29, 1.82) is 0 Å². The number of carboxylic acid groups (broad SMARTS) is 1. The van der Waals surface area contributed by atoms with Crippen molar-refractivity contribution >= 4 is 17.6 Å². The van der Waals surface area contributed by atoms with Crippen LogP contribution in [0, 0.1) is 6.92 Å². The summed E-state index contributed by atoms with van der Waals surface area (Å²) in [7, 11) is 0. The Hall–Kier alpha value is -2.05. The van der Waals surface area contributed by atoms with Gasteiger partial charge in [-0.2, -0.15) is 13.2 Å². The van der Waals surface area contributed by atoms with Crippen LogP contribution in [0.4, 0.5) is 18.9 Å². The number of alkyl halides is 3. The highest BCUT2D eigenvalue weighted by Crippen LogP contribution is 2.25. The number of carboxylic acids is 1. The van der Waals surface area contributed by atoms with Gasteiger partial charge in [0.15, 0.2) is 0 Å². The molecule has 0 atom stereocenters. The lowest BCUT2D eigenvalue weighted by molar-refractivity contribution is -0.143. The average Bonchev–Trinajstić information content (AvgIpc) is 2.37. The third-order valence-corrected chi connectivity index (χ3v) is 2.88. The van der Waals surface area contributed by atoms with Crippen LogP contribution in [0.25, 0.3) is 0 Å². The first-order valence-electron chi connectivity index (χ1n) is 6.35. The van der Waals surface area contributed by atoms with Gasteiger partial charge >= 0.3 is 12.1 Å². The number of hydrogen-bond acceptors (Lipinski definition) is 2. The molecule has 1 N–H and O–H groups in total. The zero-order valence-electron chi connectivity index (χ0n) is 11.5. The third-order valence-electron chi connectivity index (χ3n) is 2.88. The molecule has 116 valence electrons. The number of para-hydroxylation sites is 1. The first-order chi connectivity index (χ1) is 9.70. The van der Waals surface area contributed by atoms with Crippen molar-refractivity contribution in [3.05, 3.63) is 29.8 Å². The molecule has 0 spiro atoms. The monoisotopic (exact) mass is 303 g/mol. The predicted octanol–water partition coefficient (Wildman–Crippen LogP) is 3.15. The summed E-state index contributed by atoms with van der Waals surface area (Å²) in [5, 5.41) is 8.70. The molecule has 0 aliphatic carbocycles. The molecule has 0 saturated carbocycles. The van der Waals surface area contributed by atoms with E-state index in [0.717, 1.165) is 4.90 Å². The summed E-state index contributed by atoms with van der Waals surface area (Å²) >= 11 is 0. The van der Waals surface area contributed by atoms with Gasteiger partial charge in [0.05, 0.1) is 12.8 Å². The highest BCUT2D eigenvalue weighted by Gasteiger charge is 2.29. The van der Waals surface area contributed by atoms with Crippen LogP contribution in [-0.2, 0) is 9.59 Å². The number of nitrogens with zero attached hydrogens (tertiary/aromatic N) is 1. The van der Waals surface area contributed by atoms with Gasteiger partial charge in [-0.25, -0.2) is 0 Å². The van der Waals surface area contributed by atoms with Gasteiger partial charge in [-0.1, -0.05) is 18.2 Å². The molecule has 0 bridgehead atoms. The summed E-state index contributed by atoms with van der Waals surface area (Å²) < 4.78 is 36.6. The summed E-state index contributed by atoms with van der Waals surface area (Å²) in [4.78, 5) is 23.7. The molecule has 1 rings (SSSR count). The van der Waals surface area contributed by atoms with Crippen LogP contribution in [-0.4, -0.2) is 29.7 Å². The van der Waals surface area contributed by atoms with Crippen molar-refractivity contribution < 1.29 is 27.9 Å². The van der Waals surface area contributed by atoms with Gasteiger partial charge in [0.1, 0.15) is 0 Å². The Morgan fingerprint density at radius 2 is 1.81 bits per heavy atom. The lowest BCUT2D eigenvalue weighted by atomic mass is 10.1. The molecule has 0 fully saturated rings. The van der Waals surface area contributed by atoms with E-state index < -0.39 is 30.9 Å². The van der Waals surface area contributed by atoms with E-state index in [1.54, 1.807) is 31.2 Å². The second kappa shape index (κ2) is 7.10. The average molecular weight is 303 g/mol. The predicted molar refractivity (Wildman–Crippen MR) is 71.1 cm³/mol. The highest BCUT2D eigenvalue weighted by molar-refractivity contribution is 5.94. The Morgan fingerprint density at radius 1 is 1.19 bits per heavy atom. The minimum atomic E-state index is -4.42. The Morgan fingerprint density at radius 3 is 2.33 bits per heavy atom. The van der Waals surface area contributed by atoms with E-state index in [1.807, 2.05) is 0 Å². The number of rotatable bonds is 6. The normalized spacial score (nSPS) is 11.2. The zero-order chi connectivity index (χ0) is 16.0. The first kappa shape index (κ1) is 17.0.